The molecule has 0 aromatic carbocycles. The van der Waals surface area contributed by atoms with Crippen molar-refractivity contribution in [3.8, 4) is 0 Å². The number of hydrogen-bond acceptors (Lipinski definition) is 5. The molecule has 0 radical (unpaired) electrons. The third-order valence-corrected chi connectivity index (χ3v) is 2.10. The van der Waals surface area contributed by atoms with Gasteiger partial charge in [0.2, 0.25) is 0 Å². The van der Waals surface area contributed by atoms with Crippen molar-refractivity contribution < 1.29 is 4.84 Å². The van der Waals surface area contributed by atoms with Gasteiger partial charge in [-0.05, 0) is 0 Å². The topological polar surface area (TPSA) is 66.0 Å². The Bertz CT molecular complexity index is 214. The molecule has 0 bridgehead atoms. The Morgan fingerprint density at radius 2 is 2.64 bits per heavy atom. The largest absolute Gasteiger partial charge is 0.312 e. The lowest BCUT2D eigenvalue weighted by Gasteiger charge is -1.97. The molecule has 0 fully saturated rings. The minimum Gasteiger partial charge on any atom is -0.312 e. The van der Waals surface area contributed by atoms with Gasteiger partial charge in [0.1, 0.15) is 6.33 Å². The smallest absolute Gasteiger partial charge is 0.190 e. The van der Waals surface area contributed by atoms with Gasteiger partial charge in [-0.2, -0.15) is 0 Å². The van der Waals surface area contributed by atoms with Crippen LogP contribution >= 0.6 is 11.8 Å². The quantitative estimate of drug-likeness (QED) is 0.389. The molecule has 11 heavy (non-hydrogen) atoms. The van der Waals surface area contributed by atoms with Crippen LogP contribution in [0, 0.1) is 0 Å². The highest BCUT2D eigenvalue weighted by Gasteiger charge is 1.99. The summed E-state index contributed by atoms with van der Waals surface area (Å²) in [6.07, 6.45) is 1.66. The number of aromatic nitrogens is 3. The van der Waals surface area contributed by atoms with E-state index in [1.54, 1.807) is 18.1 Å². The van der Waals surface area contributed by atoms with Crippen molar-refractivity contribution in [3.63, 3.8) is 0 Å². The lowest BCUT2D eigenvalue weighted by atomic mass is 10.9. The predicted octanol–water partition coefficient (Wildman–Crippen LogP) is -0.203. The third-order valence-electron chi connectivity index (χ3n) is 1.10. The number of aryl methyl sites for hydroxylation is 1. The van der Waals surface area contributed by atoms with Crippen molar-refractivity contribution in [1.29, 1.82) is 0 Å². The molecule has 0 amide bonds. The van der Waals surface area contributed by atoms with E-state index < -0.39 is 0 Å². The van der Waals surface area contributed by atoms with Crippen LogP contribution in [-0.2, 0) is 11.9 Å². The van der Waals surface area contributed by atoms with Crippen LogP contribution in [0.3, 0.4) is 0 Å². The van der Waals surface area contributed by atoms with Gasteiger partial charge < -0.3 is 9.40 Å². The Morgan fingerprint density at radius 3 is 3.18 bits per heavy atom. The molecule has 1 aromatic rings. The average molecular weight is 174 g/mol. The van der Waals surface area contributed by atoms with E-state index in [1.165, 1.54) is 0 Å². The first-order valence-corrected chi connectivity index (χ1v) is 4.11. The first-order chi connectivity index (χ1) is 5.34. The Balaban J connectivity index is 2.32. The zero-order valence-corrected chi connectivity index (χ0v) is 7.04. The fourth-order valence-electron chi connectivity index (χ4n) is 0.584. The lowest BCUT2D eigenvalue weighted by molar-refractivity contribution is 0.155. The molecule has 1 rings (SSSR count). The van der Waals surface area contributed by atoms with Gasteiger partial charge in [0.15, 0.2) is 5.16 Å². The molecule has 2 N–H and O–H groups in total. The molecule has 1 heterocycles. The summed E-state index contributed by atoms with van der Waals surface area (Å²) < 4.78 is 1.85. The predicted molar refractivity (Wildman–Crippen MR) is 41.9 cm³/mol. The summed E-state index contributed by atoms with van der Waals surface area (Å²) in [5.74, 6) is 5.64. The molecule has 0 aliphatic rings. The fraction of sp³-hybridized carbons (Fsp3) is 0.600. The zero-order chi connectivity index (χ0) is 8.10. The number of nitrogens with zero attached hydrogens (tertiary/aromatic N) is 3. The maximum absolute atomic E-state index is 4.85. The summed E-state index contributed by atoms with van der Waals surface area (Å²) in [7, 11) is 1.89. The van der Waals surface area contributed by atoms with E-state index in [2.05, 4.69) is 15.0 Å². The summed E-state index contributed by atoms with van der Waals surface area (Å²) >= 11 is 1.56. The standard InChI is InChI=1S/C5H10N4OS/c1-9-4-7-8-5(9)11-3-2-10-6/h4H,2-3,6H2,1H3. The van der Waals surface area contributed by atoms with Crippen LogP contribution in [0.15, 0.2) is 11.5 Å². The molecule has 0 saturated heterocycles. The van der Waals surface area contributed by atoms with E-state index in [9.17, 15) is 0 Å². The lowest BCUT2D eigenvalue weighted by Crippen LogP contribution is -2.03. The summed E-state index contributed by atoms with van der Waals surface area (Å²) in [4.78, 5) is 4.40. The monoisotopic (exact) mass is 174 g/mol. The molecule has 6 heteroatoms. The van der Waals surface area contributed by atoms with Gasteiger partial charge >= 0.3 is 0 Å². The number of thioether (sulfide) groups is 1. The molecule has 0 aliphatic heterocycles. The summed E-state index contributed by atoms with van der Waals surface area (Å²) in [6.45, 7) is 0.525. The third kappa shape index (κ3) is 2.49. The minimum atomic E-state index is 0.525. The molecule has 0 spiro atoms. The van der Waals surface area contributed by atoms with E-state index in [1.807, 2.05) is 11.6 Å². The normalized spacial score (nSPS) is 10.4. The van der Waals surface area contributed by atoms with E-state index in [-0.39, 0.29) is 0 Å². The van der Waals surface area contributed by atoms with Gasteiger partial charge in [-0.1, -0.05) is 11.8 Å². The molecule has 0 aliphatic carbocycles. The number of rotatable bonds is 4. The molecule has 1 aromatic heterocycles. The van der Waals surface area contributed by atoms with Crippen LogP contribution in [0.1, 0.15) is 0 Å². The van der Waals surface area contributed by atoms with Gasteiger partial charge in [0.05, 0.1) is 6.61 Å². The fourth-order valence-corrected chi connectivity index (χ4v) is 1.30. The molecular formula is C5H10N4OS. The van der Waals surface area contributed by atoms with Crippen LogP contribution < -0.4 is 5.90 Å². The van der Waals surface area contributed by atoms with Crippen LogP contribution in [0.2, 0.25) is 0 Å². The van der Waals surface area contributed by atoms with Gasteiger partial charge in [-0.3, -0.25) is 0 Å². The minimum absolute atomic E-state index is 0.525. The first-order valence-electron chi connectivity index (χ1n) is 3.13. The maximum atomic E-state index is 4.85. The molecule has 0 unspecified atom stereocenters. The summed E-state index contributed by atoms with van der Waals surface area (Å²) in [5, 5.41) is 8.46. The zero-order valence-electron chi connectivity index (χ0n) is 6.23. The second kappa shape index (κ2) is 4.32. The number of hydrogen-bond donors (Lipinski definition) is 1. The van der Waals surface area contributed by atoms with E-state index in [0.29, 0.717) is 6.61 Å². The highest BCUT2D eigenvalue weighted by Crippen LogP contribution is 2.11. The molecule has 0 atom stereocenters. The molecule has 62 valence electrons. The van der Waals surface area contributed by atoms with Crippen molar-refractivity contribution in [2.75, 3.05) is 12.4 Å². The van der Waals surface area contributed by atoms with Crippen LogP contribution in [-0.4, -0.2) is 27.1 Å². The second-order valence-electron chi connectivity index (χ2n) is 1.94. The van der Waals surface area contributed by atoms with Crippen LogP contribution in [0.25, 0.3) is 0 Å². The van der Waals surface area contributed by atoms with Gasteiger partial charge in [-0.25, -0.2) is 5.90 Å². The summed E-state index contributed by atoms with van der Waals surface area (Å²) in [5.41, 5.74) is 0. The van der Waals surface area contributed by atoms with Crippen molar-refractivity contribution >= 4 is 11.8 Å². The van der Waals surface area contributed by atoms with E-state index in [4.69, 9.17) is 5.90 Å². The summed E-state index contributed by atoms with van der Waals surface area (Å²) in [6, 6.07) is 0. The Morgan fingerprint density at radius 1 is 1.82 bits per heavy atom. The van der Waals surface area contributed by atoms with Crippen LogP contribution in [0.4, 0.5) is 0 Å². The Hall–Kier alpha value is -0.590. The SMILES string of the molecule is Cn1cnnc1SCCON. The first kappa shape index (κ1) is 8.51. The van der Waals surface area contributed by atoms with E-state index in [0.717, 1.165) is 10.9 Å². The van der Waals surface area contributed by atoms with Gasteiger partial charge in [0, 0.05) is 12.8 Å². The van der Waals surface area contributed by atoms with Crippen molar-refractivity contribution in [1.82, 2.24) is 14.8 Å². The molecule has 5 nitrogen and oxygen atoms in total. The van der Waals surface area contributed by atoms with Gasteiger partial charge in [0.25, 0.3) is 0 Å². The van der Waals surface area contributed by atoms with Gasteiger partial charge in [-0.15, -0.1) is 10.2 Å². The second-order valence-corrected chi connectivity index (χ2v) is 3.01. The Labute approximate surface area is 68.9 Å². The van der Waals surface area contributed by atoms with E-state index >= 15 is 0 Å². The van der Waals surface area contributed by atoms with Crippen molar-refractivity contribution in [2.45, 2.75) is 5.16 Å². The highest BCUT2D eigenvalue weighted by molar-refractivity contribution is 7.99. The average Bonchev–Trinajstić information content (AvgIpc) is 2.37. The Kier molecular flexibility index (Phi) is 3.34. The maximum Gasteiger partial charge on any atom is 0.190 e. The van der Waals surface area contributed by atoms with Crippen LogP contribution in [0.5, 0.6) is 0 Å². The highest BCUT2D eigenvalue weighted by atomic mass is 32.2. The van der Waals surface area contributed by atoms with Crippen molar-refractivity contribution in [2.24, 2.45) is 12.9 Å². The molecule has 0 saturated carbocycles. The number of nitrogens with two attached hydrogens (primary N) is 1. The van der Waals surface area contributed by atoms with Crippen molar-refractivity contribution in [3.05, 3.63) is 6.33 Å². The molecular weight excluding hydrogens is 164 g/mol.